The van der Waals surface area contributed by atoms with Crippen molar-refractivity contribution in [3.63, 3.8) is 0 Å². The molecule has 0 saturated heterocycles. The van der Waals surface area contributed by atoms with Gasteiger partial charge >= 0.3 is 12.1 Å². The highest BCUT2D eigenvalue weighted by molar-refractivity contribution is 5.88. The second-order valence-corrected chi connectivity index (χ2v) is 6.81. The second kappa shape index (κ2) is 8.17. The summed E-state index contributed by atoms with van der Waals surface area (Å²) >= 11 is 0. The molecule has 0 spiro atoms. The molecule has 1 aromatic heterocycles. The van der Waals surface area contributed by atoms with Crippen molar-refractivity contribution < 1.29 is 23.1 Å². The highest BCUT2D eigenvalue weighted by atomic mass is 19.4. The maximum absolute atomic E-state index is 13.8. The molecule has 6 nitrogen and oxygen atoms in total. The average Bonchev–Trinajstić information content (AvgIpc) is 2.70. The van der Waals surface area contributed by atoms with Crippen molar-refractivity contribution in [3.8, 4) is 0 Å². The van der Waals surface area contributed by atoms with Crippen LogP contribution in [0.3, 0.4) is 0 Å². The van der Waals surface area contributed by atoms with Crippen LogP contribution in [-0.4, -0.2) is 21.0 Å². The first-order valence-corrected chi connectivity index (χ1v) is 9.38. The minimum Gasteiger partial charge on any atom is -0.478 e. The number of alkyl halides is 3. The summed E-state index contributed by atoms with van der Waals surface area (Å²) in [5.74, 6) is -0.780. The fraction of sp³-hybridized carbons (Fsp3) is 0.286. The van der Waals surface area contributed by atoms with Crippen LogP contribution in [0.15, 0.2) is 41.2 Å². The number of H-pyrrole nitrogens is 1. The van der Waals surface area contributed by atoms with Crippen LogP contribution in [0.4, 0.5) is 18.9 Å². The first-order valence-electron chi connectivity index (χ1n) is 9.38. The number of hydrogen-bond donors (Lipinski definition) is 3. The number of hydrogen-bond acceptors (Lipinski definition) is 4. The maximum Gasteiger partial charge on any atom is 0.416 e. The molecule has 0 bridgehead atoms. The Kier molecular flexibility index (Phi) is 5.82. The van der Waals surface area contributed by atoms with E-state index >= 15 is 0 Å². The topological polar surface area (TPSA) is 95.1 Å². The van der Waals surface area contributed by atoms with Crippen molar-refractivity contribution >= 4 is 22.6 Å². The van der Waals surface area contributed by atoms with E-state index in [1.807, 2.05) is 0 Å². The van der Waals surface area contributed by atoms with Crippen LogP contribution in [0.5, 0.6) is 0 Å². The van der Waals surface area contributed by atoms with E-state index in [1.165, 1.54) is 30.3 Å². The van der Waals surface area contributed by atoms with E-state index in [0.717, 1.165) is 6.07 Å². The van der Waals surface area contributed by atoms with E-state index in [4.69, 9.17) is 5.11 Å². The summed E-state index contributed by atoms with van der Waals surface area (Å²) in [6.07, 6.45) is -3.95. The van der Waals surface area contributed by atoms with Gasteiger partial charge in [0.2, 0.25) is 0 Å². The van der Waals surface area contributed by atoms with E-state index in [0.29, 0.717) is 24.4 Å². The number of rotatable bonds is 6. The number of aromatic carboxylic acids is 1. The molecule has 0 radical (unpaired) electrons. The van der Waals surface area contributed by atoms with Crippen LogP contribution < -0.4 is 10.9 Å². The van der Waals surface area contributed by atoms with Gasteiger partial charge in [0, 0.05) is 12.1 Å². The number of carbonyl (C=O) groups is 1. The number of halogens is 3. The lowest BCUT2D eigenvalue weighted by Crippen LogP contribution is -2.19. The Bertz CT molecular complexity index is 1140. The Balaban J connectivity index is 2.11. The van der Waals surface area contributed by atoms with Crippen molar-refractivity contribution in [2.24, 2.45) is 0 Å². The lowest BCUT2D eigenvalue weighted by molar-refractivity contribution is -0.138. The van der Waals surface area contributed by atoms with Gasteiger partial charge in [-0.05, 0) is 48.4 Å². The third-order valence-electron chi connectivity index (χ3n) is 4.82. The summed E-state index contributed by atoms with van der Waals surface area (Å²) in [7, 11) is 0. The smallest absolute Gasteiger partial charge is 0.416 e. The summed E-state index contributed by atoms with van der Waals surface area (Å²) in [6.45, 7) is 3.46. The number of carboxylic acid groups (broad SMARTS) is 1. The van der Waals surface area contributed by atoms with E-state index in [9.17, 15) is 22.8 Å². The van der Waals surface area contributed by atoms with Crippen molar-refractivity contribution in [2.45, 2.75) is 38.9 Å². The van der Waals surface area contributed by atoms with Crippen LogP contribution in [0.25, 0.3) is 10.9 Å². The summed E-state index contributed by atoms with van der Waals surface area (Å²) in [5, 5.41) is 12.1. The van der Waals surface area contributed by atoms with E-state index in [-0.39, 0.29) is 22.0 Å². The molecule has 9 heteroatoms. The monoisotopic (exact) mass is 419 g/mol. The molecule has 3 aromatic rings. The Morgan fingerprint density at radius 2 is 1.87 bits per heavy atom. The van der Waals surface area contributed by atoms with Crippen LogP contribution in [0.2, 0.25) is 0 Å². The van der Waals surface area contributed by atoms with Crippen LogP contribution >= 0.6 is 0 Å². The fourth-order valence-corrected chi connectivity index (χ4v) is 3.26. The maximum atomic E-state index is 13.8. The van der Waals surface area contributed by atoms with E-state index < -0.39 is 29.3 Å². The Labute approximate surface area is 169 Å². The van der Waals surface area contributed by atoms with Crippen molar-refractivity contribution in [3.05, 3.63) is 69.3 Å². The van der Waals surface area contributed by atoms with Gasteiger partial charge in [0.1, 0.15) is 5.82 Å². The number of carboxylic acids is 1. The van der Waals surface area contributed by atoms with Gasteiger partial charge in [0.15, 0.2) is 0 Å². The SMILES string of the molecule is CCc1nc2cc(C(F)(F)F)c([C@H](CC)Nc3ccc(C(=O)O)cc3)cc2c(=O)[nH]1. The summed E-state index contributed by atoms with van der Waals surface area (Å²) in [4.78, 5) is 30.1. The summed E-state index contributed by atoms with van der Waals surface area (Å²) in [6, 6.07) is 7.09. The molecular weight excluding hydrogens is 399 g/mol. The first kappa shape index (κ1) is 21.4. The van der Waals surface area contributed by atoms with Crippen molar-refractivity contribution in [1.82, 2.24) is 9.97 Å². The van der Waals surface area contributed by atoms with Crippen LogP contribution in [0.1, 0.15) is 53.6 Å². The number of nitrogens with one attached hydrogen (secondary N) is 2. The lowest BCUT2D eigenvalue weighted by Gasteiger charge is -2.23. The van der Waals surface area contributed by atoms with Gasteiger partial charge in [0.25, 0.3) is 5.56 Å². The number of benzene rings is 2. The molecule has 3 rings (SSSR count). The molecule has 0 aliphatic carbocycles. The number of nitrogens with zero attached hydrogens (tertiary/aromatic N) is 1. The number of anilines is 1. The molecule has 1 heterocycles. The van der Waals surface area contributed by atoms with Crippen LogP contribution in [-0.2, 0) is 12.6 Å². The van der Waals surface area contributed by atoms with Gasteiger partial charge in [0.05, 0.1) is 28.1 Å². The molecule has 0 aliphatic rings. The van der Waals surface area contributed by atoms with Crippen molar-refractivity contribution in [1.29, 1.82) is 0 Å². The Hall–Kier alpha value is -3.36. The van der Waals surface area contributed by atoms with Gasteiger partial charge in [-0.15, -0.1) is 0 Å². The summed E-state index contributed by atoms with van der Waals surface area (Å²) in [5.41, 5.74) is -0.902. The minimum atomic E-state index is -4.64. The van der Waals surface area contributed by atoms with E-state index in [2.05, 4.69) is 15.3 Å². The predicted octanol–water partition coefficient (Wildman–Crippen LogP) is 4.77. The highest BCUT2D eigenvalue weighted by Gasteiger charge is 2.36. The molecule has 0 saturated carbocycles. The Morgan fingerprint density at radius 3 is 2.40 bits per heavy atom. The van der Waals surface area contributed by atoms with E-state index in [1.54, 1.807) is 13.8 Å². The second-order valence-electron chi connectivity index (χ2n) is 6.81. The van der Waals surface area contributed by atoms with Crippen LogP contribution in [0, 0.1) is 0 Å². The zero-order valence-electron chi connectivity index (χ0n) is 16.3. The Morgan fingerprint density at radius 1 is 1.20 bits per heavy atom. The predicted molar refractivity (Wildman–Crippen MR) is 107 cm³/mol. The molecular formula is C21H20F3N3O3. The van der Waals surface area contributed by atoms with Gasteiger partial charge in [-0.25, -0.2) is 9.78 Å². The molecule has 0 amide bonds. The molecule has 0 unspecified atom stereocenters. The number of aryl methyl sites for hydroxylation is 1. The average molecular weight is 419 g/mol. The number of aromatic amines is 1. The quantitative estimate of drug-likeness (QED) is 0.535. The zero-order chi connectivity index (χ0) is 22.1. The first-order chi connectivity index (χ1) is 14.1. The van der Waals surface area contributed by atoms with Gasteiger partial charge in [-0.3, -0.25) is 4.79 Å². The third-order valence-corrected chi connectivity index (χ3v) is 4.82. The largest absolute Gasteiger partial charge is 0.478 e. The number of aromatic nitrogens is 2. The zero-order valence-corrected chi connectivity index (χ0v) is 16.3. The minimum absolute atomic E-state index is 0.00709. The molecule has 158 valence electrons. The molecule has 2 aromatic carbocycles. The van der Waals surface area contributed by atoms with Gasteiger partial charge in [-0.2, -0.15) is 13.2 Å². The molecule has 1 atom stereocenters. The molecule has 30 heavy (non-hydrogen) atoms. The lowest BCUT2D eigenvalue weighted by atomic mass is 9.95. The van der Waals surface area contributed by atoms with Gasteiger partial charge < -0.3 is 15.4 Å². The number of fused-ring (bicyclic) bond motifs is 1. The fourth-order valence-electron chi connectivity index (χ4n) is 3.26. The molecule has 0 fully saturated rings. The summed E-state index contributed by atoms with van der Waals surface area (Å²) < 4.78 is 41.5. The molecule has 3 N–H and O–H groups in total. The van der Waals surface area contributed by atoms with Gasteiger partial charge in [-0.1, -0.05) is 13.8 Å². The van der Waals surface area contributed by atoms with Crippen molar-refractivity contribution in [2.75, 3.05) is 5.32 Å². The standard InChI is InChI=1S/C21H20F3N3O3/c1-3-16(25-12-7-5-11(6-8-12)20(29)30)13-9-14-17(10-15(13)21(22,23)24)26-18(4-2)27-19(14)28/h5-10,16,25H,3-4H2,1-2H3,(H,29,30)(H,26,27,28)/t16-/m0/s1. The highest BCUT2D eigenvalue weighted by Crippen LogP contribution is 2.38. The molecule has 0 aliphatic heterocycles. The normalized spacial score (nSPS) is 12.7. The third kappa shape index (κ3) is 4.29.